The molecule has 1 aliphatic heterocycles. The summed E-state index contributed by atoms with van der Waals surface area (Å²) in [5.74, 6) is 1.71. The average molecular weight is 475 g/mol. The Morgan fingerprint density at radius 3 is 2.76 bits per heavy atom. The zero-order chi connectivity index (χ0) is 23.5. The van der Waals surface area contributed by atoms with Crippen LogP contribution in [0.3, 0.4) is 0 Å². The molecule has 172 valence electrons. The Morgan fingerprint density at radius 1 is 1.06 bits per heavy atom. The largest absolute Gasteiger partial charge is 0.490 e. The number of nitrogens with one attached hydrogen (secondary N) is 2. The third kappa shape index (κ3) is 4.47. The number of nitrogens with zero attached hydrogens (tertiary/aromatic N) is 2. The minimum Gasteiger partial charge on any atom is -0.490 e. The highest BCUT2D eigenvalue weighted by Crippen LogP contribution is 2.33. The first-order valence-corrected chi connectivity index (χ1v) is 11.5. The molecule has 0 fully saturated rings. The Balaban J connectivity index is 1.42. The molecule has 1 amide bonds. The highest BCUT2D eigenvalue weighted by atomic mass is 35.5. The van der Waals surface area contributed by atoms with Gasteiger partial charge in [-0.1, -0.05) is 29.8 Å². The predicted molar refractivity (Wildman–Crippen MR) is 130 cm³/mol. The van der Waals surface area contributed by atoms with Crippen LogP contribution in [-0.4, -0.2) is 34.0 Å². The Hall–Kier alpha value is -3.84. The second-order valence-electron chi connectivity index (χ2n) is 7.82. The van der Waals surface area contributed by atoms with Crippen LogP contribution < -0.4 is 14.8 Å². The summed E-state index contributed by atoms with van der Waals surface area (Å²) in [6.07, 6.45) is 2.48. The van der Waals surface area contributed by atoms with Gasteiger partial charge in [0.15, 0.2) is 17.3 Å². The third-order valence-corrected chi connectivity index (χ3v) is 5.95. The molecule has 8 heteroatoms. The molecule has 4 aromatic rings. The number of rotatable bonds is 7. The number of amides is 1. The molecule has 7 nitrogen and oxygen atoms in total. The van der Waals surface area contributed by atoms with Crippen molar-refractivity contribution >= 4 is 17.5 Å². The van der Waals surface area contributed by atoms with Crippen molar-refractivity contribution in [1.29, 1.82) is 0 Å². The summed E-state index contributed by atoms with van der Waals surface area (Å²) in [6, 6.07) is 16.9. The lowest BCUT2D eigenvalue weighted by Crippen LogP contribution is -2.31. The van der Waals surface area contributed by atoms with Crippen LogP contribution in [0.4, 0.5) is 0 Å². The standard InChI is InChI=1S/C26H23ClN4O3/c1-2-33-24-13-16(7-8-23(24)34-15-17-5-3-4-6-19(17)27)25-28-11-10-21(31-25)22-14-18-20(30-22)9-12-29-26(18)32/h3-8,10-11,13-14,30H,2,9,12,15H2,1H3,(H,29,32). The second kappa shape index (κ2) is 9.57. The summed E-state index contributed by atoms with van der Waals surface area (Å²) < 4.78 is 11.8. The number of aromatic amines is 1. The first-order valence-electron chi connectivity index (χ1n) is 11.1. The van der Waals surface area contributed by atoms with Crippen molar-refractivity contribution in [2.45, 2.75) is 20.0 Å². The van der Waals surface area contributed by atoms with Crippen LogP contribution >= 0.6 is 11.6 Å². The summed E-state index contributed by atoms with van der Waals surface area (Å²) in [6.45, 7) is 3.37. The highest BCUT2D eigenvalue weighted by Gasteiger charge is 2.20. The highest BCUT2D eigenvalue weighted by molar-refractivity contribution is 6.31. The maximum atomic E-state index is 12.1. The first kappa shape index (κ1) is 22.0. The number of ether oxygens (including phenoxy) is 2. The monoisotopic (exact) mass is 474 g/mol. The van der Waals surface area contributed by atoms with Crippen molar-refractivity contribution in [3.63, 3.8) is 0 Å². The van der Waals surface area contributed by atoms with Gasteiger partial charge in [0.1, 0.15) is 6.61 Å². The molecule has 0 atom stereocenters. The van der Waals surface area contributed by atoms with Crippen LogP contribution in [0, 0.1) is 0 Å². The van der Waals surface area contributed by atoms with Gasteiger partial charge >= 0.3 is 0 Å². The van der Waals surface area contributed by atoms with Gasteiger partial charge < -0.3 is 19.8 Å². The van der Waals surface area contributed by atoms with E-state index in [9.17, 15) is 4.79 Å². The Morgan fingerprint density at radius 2 is 1.94 bits per heavy atom. The van der Waals surface area contributed by atoms with Crippen molar-refractivity contribution in [1.82, 2.24) is 20.3 Å². The lowest BCUT2D eigenvalue weighted by molar-refractivity contribution is 0.0946. The number of fused-ring (bicyclic) bond motifs is 1. The van der Waals surface area contributed by atoms with Gasteiger partial charge in [-0.15, -0.1) is 0 Å². The van der Waals surface area contributed by atoms with E-state index in [-0.39, 0.29) is 5.91 Å². The molecule has 0 radical (unpaired) electrons. The van der Waals surface area contributed by atoms with Crippen molar-refractivity contribution < 1.29 is 14.3 Å². The van der Waals surface area contributed by atoms with Crippen molar-refractivity contribution in [2.24, 2.45) is 0 Å². The second-order valence-corrected chi connectivity index (χ2v) is 8.23. The van der Waals surface area contributed by atoms with Crippen LogP contribution in [0.25, 0.3) is 22.8 Å². The van der Waals surface area contributed by atoms with E-state index >= 15 is 0 Å². The number of halogens is 1. The smallest absolute Gasteiger partial charge is 0.253 e. The zero-order valence-electron chi connectivity index (χ0n) is 18.6. The molecule has 5 rings (SSSR count). The molecule has 1 aliphatic rings. The summed E-state index contributed by atoms with van der Waals surface area (Å²) in [7, 11) is 0. The van der Waals surface area contributed by atoms with Gasteiger partial charge in [-0.25, -0.2) is 9.97 Å². The first-order chi connectivity index (χ1) is 16.6. The zero-order valence-corrected chi connectivity index (χ0v) is 19.4. The molecule has 0 bridgehead atoms. The van der Waals surface area contributed by atoms with E-state index in [0.717, 1.165) is 28.9 Å². The molecular weight excluding hydrogens is 452 g/mol. The van der Waals surface area contributed by atoms with Crippen LogP contribution in [0.15, 0.2) is 60.8 Å². The number of benzene rings is 2. The summed E-state index contributed by atoms with van der Waals surface area (Å²) >= 11 is 6.25. The Labute approximate surface area is 202 Å². The number of carbonyl (C=O) groups is 1. The van der Waals surface area contributed by atoms with Crippen molar-refractivity contribution in [3.05, 3.63) is 82.6 Å². The van der Waals surface area contributed by atoms with Crippen molar-refractivity contribution in [2.75, 3.05) is 13.2 Å². The summed E-state index contributed by atoms with van der Waals surface area (Å²) in [5.41, 5.74) is 4.79. The lowest BCUT2D eigenvalue weighted by atomic mass is 10.1. The number of hydrogen-bond donors (Lipinski definition) is 2. The van der Waals surface area contributed by atoms with Crippen LogP contribution in [0.2, 0.25) is 5.02 Å². The van der Waals surface area contributed by atoms with Crippen molar-refractivity contribution in [3.8, 4) is 34.3 Å². The van der Waals surface area contributed by atoms with E-state index in [1.54, 1.807) is 6.20 Å². The van der Waals surface area contributed by atoms with Gasteiger partial charge in [0, 0.05) is 41.0 Å². The fourth-order valence-electron chi connectivity index (χ4n) is 3.88. The summed E-state index contributed by atoms with van der Waals surface area (Å²) in [5, 5.41) is 3.52. The fraction of sp³-hybridized carbons (Fsp3) is 0.192. The molecule has 0 spiro atoms. The number of aromatic nitrogens is 3. The average Bonchev–Trinajstić information content (AvgIpc) is 3.30. The summed E-state index contributed by atoms with van der Waals surface area (Å²) in [4.78, 5) is 24.6. The topological polar surface area (TPSA) is 89.1 Å². The molecule has 34 heavy (non-hydrogen) atoms. The minimum atomic E-state index is -0.0632. The lowest BCUT2D eigenvalue weighted by Gasteiger charge is -2.14. The molecule has 3 heterocycles. The van der Waals surface area contributed by atoms with E-state index in [1.165, 1.54) is 0 Å². The fourth-order valence-corrected chi connectivity index (χ4v) is 4.08. The number of carbonyl (C=O) groups excluding carboxylic acids is 1. The van der Waals surface area contributed by atoms with Gasteiger partial charge in [-0.05, 0) is 43.3 Å². The van der Waals surface area contributed by atoms with Gasteiger partial charge in [-0.2, -0.15) is 0 Å². The van der Waals surface area contributed by atoms with E-state index in [4.69, 9.17) is 26.1 Å². The molecule has 0 aliphatic carbocycles. The van der Waals surface area contributed by atoms with Gasteiger partial charge in [0.25, 0.3) is 5.91 Å². The van der Waals surface area contributed by atoms with E-state index in [1.807, 2.05) is 61.5 Å². The minimum absolute atomic E-state index is 0.0632. The number of H-pyrrole nitrogens is 1. The van der Waals surface area contributed by atoms with E-state index < -0.39 is 0 Å². The van der Waals surface area contributed by atoms with E-state index in [0.29, 0.717) is 53.4 Å². The van der Waals surface area contributed by atoms with Gasteiger partial charge in [-0.3, -0.25) is 4.79 Å². The quantitative estimate of drug-likeness (QED) is 0.391. The molecule has 0 unspecified atom stereocenters. The molecule has 2 aromatic carbocycles. The molecular formula is C26H23ClN4O3. The SMILES string of the molecule is CCOc1cc(-c2nccc(-c3cc4c([nH]3)CCNC4=O)n2)ccc1OCc1ccccc1Cl. The van der Waals surface area contributed by atoms with Gasteiger partial charge in [0.2, 0.25) is 0 Å². The van der Waals surface area contributed by atoms with E-state index in [2.05, 4.69) is 15.3 Å². The molecule has 0 saturated carbocycles. The molecule has 2 aromatic heterocycles. The normalized spacial score (nSPS) is 12.7. The van der Waals surface area contributed by atoms with Crippen LogP contribution in [0.1, 0.15) is 28.5 Å². The third-order valence-electron chi connectivity index (χ3n) is 5.58. The maximum Gasteiger partial charge on any atom is 0.253 e. The number of hydrogen-bond acceptors (Lipinski definition) is 5. The molecule has 2 N–H and O–H groups in total. The van der Waals surface area contributed by atoms with Crippen LogP contribution in [0.5, 0.6) is 11.5 Å². The molecule has 0 saturated heterocycles. The van der Waals surface area contributed by atoms with Gasteiger partial charge in [0.05, 0.1) is 23.6 Å². The Bertz CT molecular complexity index is 1350. The predicted octanol–water partition coefficient (Wildman–Crippen LogP) is 5.06. The van der Waals surface area contributed by atoms with Crippen LogP contribution in [-0.2, 0) is 13.0 Å². The Kier molecular flexibility index (Phi) is 6.18. The maximum absolute atomic E-state index is 12.1.